The molecule has 0 aliphatic carbocycles. The smallest absolute Gasteiger partial charge is 0.137 e. The summed E-state index contributed by atoms with van der Waals surface area (Å²) in [5, 5.41) is 4.23. The molecular weight excluding hydrogens is 270 g/mol. The summed E-state index contributed by atoms with van der Waals surface area (Å²) in [5.74, 6) is 0.721. The molecule has 0 saturated carbocycles. The van der Waals surface area contributed by atoms with Gasteiger partial charge < -0.3 is 10.1 Å². The first kappa shape index (κ1) is 13.3. The van der Waals surface area contributed by atoms with E-state index in [-0.39, 0.29) is 0 Å². The van der Waals surface area contributed by atoms with Crippen molar-refractivity contribution in [2.45, 2.75) is 25.8 Å². The molecule has 0 bridgehead atoms. The third kappa shape index (κ3) is 2.36. The van der Waals surface area contributed by atoms with Crippen molar-refractivity contribution >= 4 is 17.3 Å². The summed E-state index contributed by atoms with van der Waals surface area (Å²) in [4.78, 5) is 0. The molecule has 0 radical (unpaired) electrons. The first-order chi connectivity index (χ1) is 9.71. The summed E-state index contributed by atoms with van der Waals surface area (Å²) < 4.78 is 5.20. The van der Waals surface area contributed by atoms with Crippen molar-refractivity contribution in [1.82, 2.24) is 0 Å². The Kier molecular flexibility index (Phi) is 3.58. The average molecular weight is 288 g/mol. The van der Waals surface area contributed by atoms with Crippen LogP contribution in [0.2, 0.25) is 5.02 Å². The van der Waals surface area contributed by atoms with Crippen LogP contribution in [-0.4, -0.2) is 7.11 Å². The number of ether oxygens (including phenoxy) is 1. The monoisotopic (exact) mass is 287 g/mol. The molecule has 2 aromatic rings. The lowest BCUT2D eigenvalue weighted by molar-refractivity contribution is 0.415. The van der Waals surface area contributed by atoms with Gasteiger partial charge in [-0.15, -0.1) is 0 Å². The number of halogens is 1. The van der Waals surface area contributed by atoms with E-state index >= 15 is 0 Å². The van der Waals surface area contributed by atoms with Crippen LogP contribution in [-0.2, 0) is 12.8 Å². The number of hydrogen-bond donors (Lipinski definition) is 1. The molecule has 3 heteroatoms. The zero-order valence-electron chi connectivity index (χ0n) is 11.7. The van der Waals surface area contributed by atoms with Crippen LogP contribution in [0.3, 0.4) is 0 Å². The Morgan fingerprint density at radius 1 is 1.25 bits per heavy atom. The predicted octanol–water partition coefficient (Wildman–Crippen LogP) is 4.62. The van der Waals surface area contributed by atoms with Crippen LogP contribution in [0.4, 0.5) is 5.69 Å². The maximum Gasteiger partial charge on any atom is 0.137 e. The highest BCUT2D eigenvalue weighted by Crippen LogP contribution is 2.37. The molecule has 0 amide bonds. The fourth-order valence-corrected chi connectivity index (χ4v) is 3.00. The zero-order valence-corrected chi connectivity index (χ0v) is 12.5. The summed E-state index contributed by atoms with van der Waals surface area (Å²) in [6.45, 7) is 2.19. The van der Waals surface area contributed by atoms with E-state index in [2.05, 4.69) is 36.5 Å². The third-order valence-corrected chi connectivity index (χ3v) is 4.21. The van der Waals surface area contributed by atoms with Gasteiger partial charge in [0.2, 0.25) is 0 Å². The maximum atomic E-state index is 6.21. The van der Waals surface area contributed by atoms with Crippen LogP contribution < -0.4 is 10.1 Å². The Hall–Kier alpha value is -1.67. The van der Waals surface area contributed by atoms with Gasteiger partial charge in [0.05, 0.1) is 18.2 Å². The summed E-state index contributed by atoms with van der Waals surface area (Å²) in [5.41, 5.74) is 5.21. The fourth-order valence-electron chi connectivity index (χ4n) is 2.74. The van der Waals surface area contributed by atoms with E-state index < -0.39 is 0 Å². The largest absolute Gasteiger partial charge is 0.495 e. The molecular formula is C17H18ClNO. The Morgan fingerprint density at radius 3 is 2.80 bits per heavy atom. The van der Waals surface area contributed by atoms with Gasteiger partial charge in [0.15, 0.2) is 0 Å². The van der Waals surface area contributed by atoms with Crippen LogP contribution in [0.5, 0.6) is 5.75 Å². The molecule has 2 aromatic carbocycles. The number of hydrogen-bond acceptors (Lipinski definition) is 2. The van der Waals surface area contributed by atoms with Gasteiger partial charge in [-0.05, 0) is 47.7 Å². The summed E-state index contributed by atoms with van der Waals surface area (Å²) >= 11 is 6.21. The molecule has 1 heterocycles. The molecule has 1 aliphatic rings. The zero-order chi connectivity index (χ0) is 14.1. The van der Waals surface area contributed by atoms with Crippen LogP contribution in [0.1, 0.15) is 29.7 Å². The molecule has 0 aromatic heterocycles. The van der Waals surface area contributed by atoms with Crippen LogP contribution in [0.15, 0.2) is 36.4 Å². The van der Waals surface area contributed by atoms with Crippen molar-refractivity contribution < 1.29 is 4.74 Å². The summed E-state index contributed by atoms with van der Waals surface area (Å²) in [7, 11) is 1.64. The first-order valence-electron chi connectivity index (χ1n) is 6.93. The number of anilines is 1. The molecule has 1 unspecified atom stereocenters. The standard InChI is InChI=1S/C17H18ClNO/c1-3-11-4-6-15-13(8-11)10-16(19-15)12-5-7-17(20-2)14(18)9-12/h4-9,16,19H,3,10H2,1-2H3. The molecule has 0 spiro atoms. The van der Waals surface area contributed by atoms with E-state index in [0.29, 0.717) is 11.1 Å². The second-order valence-electron chi connectivity index (χ2n) is 5.14. The molecule has 1 atom stereocenters. The highest BCUT2D eigenvalue weighted by Gasteiger charge is 2.22. The Labute approximate surface area is 124 Å². The van der Waals surface area contributed by atoms with Gasteiger partial charge in [0.25, 0.3) is 0 Å². The highest BCUT2D eigenvalue weighted by molar-refractivity contribution is 6.32. The quantitative estimate of drug-likeness (QED) is 0.889. The molecule has 1 aliphatic heterocycles. The number of aryl methyl sites for hydroxylation is 1. The van der Waals surface area contributed by atoms with Crippen molar-refractivity contribution in [2.75, 3.05) is 12.4 Å². The van der Waals surface area contributed by atoms with E-state index in [9.17, 15) is 0 Å². The van der Waals surface area contributed by atoms with Crippen molar-refractivity contribution in [2.24, 2.45) is 0 Å². The second-order valence-corrected chi connectivity index (χ2v) is 5.55. The SMILES string of the molecule is CCc1ccc2c(c1)CC(c1ccc(OC)c(Cl)c1)N2. The highest BCUT2D eigenvalue weighted by atomic mass is 35.5. The van der Waals surface area contributed by atoms with Gasteiger partial charge in [0.1, 0.15) is 5.75 Å². The number of nitrogens with one attached hydrogen (secondary N) is 1. The molecule has 1 N–H and O–H groups in total. The van der Waals surface area contributed by atoms with Gasteiger partial charge in [-0.1, -0.05) is 36.7 Å². The minimum atomic E-state index is 0.292. The maximum absolute atomic E-state index is 6.21. The van der Waals surface area contributed by atoms with E-state index in [1.54, 1.807) is 7.11 Å². The minimum absolute atomic E-state index is 0.292. The Bertz CT molecular complexity index is 639. The van der Waals surface area contributed by atoms with Gasteiger partial charge >= 0.3 is 0 Å². The molecule has 0 saturated heterocycles. The van der Waals surface area contributed by atoms with Crippen LogP contribution >= 0.6 is 11.6 Å². The Balaban J connectivity index is 1.86. The molecule has 2 nitrogen and oxygen atoms in total. The van der Waals surface area contributed by atoms with Crippen LogP contribution in [0, 0.1) is 0 Å². The number of benzene rings is 2. The molecule has 20 heavy (non-hydrogen) atoms. The fraction of sp³-hybridized carbons (Fsp3) is 0.294. The number of rotatable bonds is 3. The van der Waals surface area contributed by atoms with Crippen LogP contribution in [0.25, 0.3) is 0 Å². The molecule has 3 rings (SSSR count). The van der Waals surface area contributed by atoms with Gasteiger partial charge in [-0.2, -0.15) is 0 Å². The number of methoxy groups -OCH3 is 1. The van der Waals surface area contributed by atoms with Gasteiger partial charge in [0, 0.05) is 5.69 Å². The lowest BCUT2D eigenvalue weighted by atomic mass is 10.0. The van der Waals surface area contributed by atoms with Gasteiger partial charge in [-0.3, -0.25) is 0 Å². The summed E-state index contributed by atoms with van der Waals surface area (Å²) in [6, 6.07) is 13.0. The average Bonchev–Trinajstić information content (AvgIpc) is 2.89. The van der Waals surface area contributed by atoms with Crippen molar-refractivity contribution in [1.29, 1.82) is 0 Å². The summed E-state index contributed by atoms with van der Waals surface area (Å²) in [6.07, 6.45) is 2.08. The predicted molar refractivity (Wildman–Crippen MR) is 83.9 cm³/mol. The Morgan fingerprint density at radius 2 is 2.10 bits per heavy atom. The normalized spacial score (nSPS) is 16.6. The van der Waals surface area contributed by atoms with E-state index in [4.69, 9.17) is 16.3 Å². The third-order valence-electron chi connectivity index (χ3n) is 3.91. The first-order valence-corrected chi connectivity index (χ1v) is 7.31. The molecule has 0 fully saturated rings. The van der Waals surface area contributed by atoms with E-state index in [0.717, 1.165) is 18.6 Å². The number of fused-ring (bicyclic) bond motifs is 1. The topological polar surface area (TPSA) is 21.3 Å². The van der Waals surface area contributed by atoms with Crippen molar-refractivity contribution in [3.05, 3.63) is 58.1 Å². The van der Waals surface area contributed by atoms with Crippen molar-refractivity contribution in [3.63, 3.8) is 0 Å². The lowest BCUT2D eigenvalue weighted by Gasteiger charge is -2.13. The van der Waals surface area contributed by atoms with Crippen molar-refractivity contribution in [3.8, 4) is 5.75 Å². The lowest BCUT2D eigenvalue weighted by Crippen LogP contribution is -2.05. The second kappa shape index (κ2) is 5.37. The van der Waals surface area contributed by atoms with Gasteiger partial charge in [-0.25, -0.2) is 0 Å². The minimum Gasteiger partial charge on any atom is -0.495 e. The van der Waals surface area contributed by atoms with E-state index in [1.807, 2.05) is 12.1 Å². The molecule has 104 valence electrons. The van der Waals surface area contributed by atoms with E-state index in [1.165, 1.54) is 22.4 Å².